The summed E-state index contributed by atoms with van der Waals surface area (Å²) in [6.07, 6.45) is 7.25. The van der Waals surface area contributed by atoms with Gasteiger partial charge < -0.3 is 5.11 Å². The predicted octanol–water partition coefficient (Wildman–Crippen LogP) is 6.20. The van der Waals surface area contributed by atoms with Crippen molar-refractivity contribution in [3.05, 3.63) is 116 Å². The van der Waals surface area contributed by atoms with Crippen molar-refractivity contribution in [3.63, 3.8) is 0 Å². The van der Waals surface area contributed by atoms with Crippen molar-refractivity contribution in [3.8, 4) is 50.3 Å². The van der Waals surface area contributed by atoms with Crippen LogP contribution in [0.1, 0.15) is 0 Å². The first-order chi connectivity index (χ1) is 15.3. The van der Waals surface area contributed by atoms with E-state index in [2.05, 4.69) is 46.4 Å². The Balaban J connectivity index is 0.00000245. The summed E-state index contributed by atoms with van der Waals surface area (Å²) in [6.45, 7) is 0. The molecule has 5 rings (SSSR count). The maximum absolute atomic E-state index is 10.7. The molecule has 3 nitrogen and oxygen atoms in total. The van der Waals surface area contributed by atoms with Crippen LogP contribution in [0.25, 0.3) is 44.5 Å². The molecule has 150 valence electrons. The van der Waals surface area contributed by atoms with Crippen LogP contribution in [-0.2, 0) is 0 Å². The number of aromatic nitrogens is 2. The minimum atomic E-state index is 0. The van der Waals surface area contributed by atoms with Crippen molar-refractivity contribution in [2.24, 2.45) is 0 Å². The van der Waals surface area contributed by atoms with Crippen LogP contribution in [0.3, 0.4) is 0 Å². The van der Waals surface area contributed by atoms with Crippen molar-refractivity contribution in [1.82, 2.24) is 9.97 Å². The van der Waals surface area contributed by atoms with Gasteiger partial charge in [-0.05, 0) is 57.1 Å². The maximum atomic E-state index is 10.7. The summed E-state index contributed by atoms with van der Waals surface area (Å²) in [5, 5.41) is 10.7. The summed E-state index contributed by atoms with van der Waals surface area (Å²) in [5.41, 5.74) is 8.19. The number of benzene rings is 3. The van der Waals surface area contributed by atoms with Gasteiger partial charge in [-0.15, -0.1) is 0 Å². The summed E-state index contributed by atoms with van der Waals surface area (Å²) in [4.78, 5) is 8.39. The number of hydrogen-bond donors (Lipinski definition) is 1. The SMILES string of the molecule is Oc1cccc(-c2ccc(-c3cccnc3)cc2)c1-c1ccc(-c2cccnc2)cc1.[LiH]. The second kappa shape index (κ2) is 9.66. The average molecular weight is 408 g/mol. The van der Waals surface area contributed by atoms with Gasteiger partial charge in [-0.1, -0.05) is 72.8 Å². The van der Waals surface area contributed by atoms with Gasteiger partial charge in [0.05, 0.1) is 0 Å². The molecular weight excluding hydrogens is 387 g/mol. The van der Waals surface area contributed by atoms with E-state index in [9.17, 15) is 5.11 Å². The van der Waals surface area contributed by atoms with Crippen molar-refractivity contribution >= 4 is 18.9 Å². The fourth-order valence-electron chi connectivity index (χ4n) is 3.82. The van der Waals surface area contributed by atoms with Gasteiger partial charge in [0.1, 0.15) is 5.75 Å². The number of phenols is 1. The molecule has 0 atom stereocenters. The Morgan fingerprint density at radius 2 is 0.969 bits per heavy atom. The normalized spacial score (nSPS) is 10.4. The van der Waals surface area contributed by atoms with Crippen LogP contribution in [0.5, 0.6) is 5.75 Å². The Morgan fingerprint density at radius 1 is 0.469 bits per heavy atom. The van der Waals surface area contributed by atoms with Crippen LogP contribution in [0.15, 0.2) is 116 Å². The van der Waals surface area contributed by atoms with E-state index in [0.717, 1.165) is 44.5 Å². The fourth-order valence-corrected chi connectivity index (χ4v) is 3.82. The molecule has 0 spiro atoms. The molecule has 1 N–H and O–H groups in total. The number of rotatable bonds is 4. The molecule has 0 saturated carbocycles. The van der Waals surface area contributed by atoms with Gasteiger partial charge >= 0.3 is 18.9 Å². The summed E-state index contributed by atoms with van der Waals surface area (Å²) in [6, 6.07) is 30.2. The van der Waals surface area contributed by atoms with Gasteiger partial charge in [0.25, 0.3) is 0 Å². The second-order valence-electron chi connectivity index (χ2n) is 7.34. The van der Waals surface area contributed by atoms with Crippen LogP contribution >= 0.6 is 0 Å². The van der Waals surface area contributed by atoms with E-state index < -0.39 is 0 Å². The van der Waals surface area contributed by atoms with Gasteiger partial charge in [-0.25, -0.2) is 0 Å². The zero-order valence-corrected chi connectivity index (χ0v) is 16.8. The quantitative estimate of drug-likeness (QED) is 0.360. The molecule has 2 aromatic heterocycles. The number of phenolic OH excluding ortho intramolecular Hbond substituents is 1. The van der Waals surface area contributed by atoms with Gasteiger partial charge in [0, 0.05) is 30.4 Å². The molecule has 0 aliphatic rings. The molecule has 0 saturated heterocycles. The molecule has 0 unspecified atom stereocenters. The number of pyridine rings is 2. The Morgan fingerprint density at radius 3 is 1.47 bits per heavy atom. The van der Waals surface area contributed by atoms with E-state index in [1.165, 1.54) is 0 Å². The molecule has 0 radical (unpaired) electrons. The van der Waals surface area contributed by atoms with Gasteiger partial charge in [-0.3, -0.25) is 9.97 Å². The molecule has 0 amide bonds. The van der Waals surface area contributed by atoms with Gasteiger partial charge in [-0.2, -0.15) is 0 Å². The second-order valence-corrected chi connectivity index (χ2v) is 7.34. The van der Waals surface area contributed by atoms with Crippen molar-refractivity contribution < 1.29 is 5.11 Å². The first-order valence-electron chi connectivity index (χ1n) is 10.1. The molecule has 0 aliphatic heterocycles. The predicted molar refractivity (Wildman–Crippen MR) is 133 cm³/mol. The van der Waals surface area contributed by atoms with E-state index in [0.29, 0.717) is 0 Å². The topological polar surface area (TPSA) is 46.0 Å². The van der Waals surface area contributed by atoms with Crippen LogP contribution in [-0.4, -0.2) is 33.9 Å². The molecule has 0 fully saturated rings. The Bertz CT molecular complexity index is 1300. The number of hydrogen-bond acceptors (Lipinski definition) is 3. The monoisotopic (exact) mass is 408 g/mol. The summed E-state index contributed by atoms with van der Waals surface area (Å²) >= 11 is 0. The zero-order valence-electron chi connectivity index (χ0n) is 16.8. The summed E-state index contributed by atoms with van der Waals surface area (Å²) < 4.78 is 0. The number of nitrogens with zero attached hydrogens (tertiary/aromatic N) is 2. The third-order valence-corrected chi connectivity index (χ3v) is 5.40. The van der Waals surface area contributed by atoms with E-state index in [1.54, 1.807) is 18.5 Å². The fraction of sp³-hybridized carbons (Fsp3) is 0. The number of aromatic hydroxyl groups is 1. The summed E-state index contributed by atoms with van der Waals surface area (Å²) in [5.74, 6) is 0.267. The van der Waals surface area contributed by atoms with E-state index >= 15 is 0 Å². The minimum absolute atomic E-state index is 0. The Hall–Kier alpha value is -3.64. The molecule has 4 heteroatoms. The van der Waals surface area contributed by atoms with Crippen LogP contribution in [0.4, 0.5) is 0 Å². The molecule has 5 aromatic rings. The van der Waals surface area contributed by atoms with Crippen molar-refractivity contribution in [2.45, 2.75) is 0 Å². The van der Waals surface area contributed by atoms with Crippen LogP contribution in [0, 0.1) is 0 Å². The third kappa shape index (κ3) is 4.36. The van der Waals surface area contributed by atoms with Gasteiger partial charge in [0.15, 0.2) is 0 Å². The Labute approximate surface area is 199 Å². The molecular formula is C28H21LiN2O. The van der Waals surface area contributed by atoms with Gasteiger partial charge in [0.2, 0.25) is 0 Å². The van der Waals surface area contributed by atoms with E-state index in [-0.39, 0.29) is 24.6 Å². The molecule has 2 heterocycles. The molecule has 3 aromatic carbocycles. The first-order valence-corrected chi connectivity index (χ1v) is 10.1. The summed E-state index contributed by atoms with van der Waals surface area (Å²) in [7, 11) is 0. The van der Waals surface area contributed by atoms with Crippen LogP contribution in [0.2, 0.25) is 0 Å². The molecule has 32 heavy (non-hydrogen) atoms. The first kappa shape index (κ1) is 21.6. The standard InChI is InChI=1S/C28H20N2O.Li.H/c31-27-7-1-6-26(22-12-8-20(9-13-22)24-4-2-16-29-18-24)28(27)23-14-10-21(11-15-23)25-5-3-17-30-19-25;;/h1-19,31H;;. The van der Waals surface area contributed by atoms with E-state index in [4.69, 9.17) is 0 Å². The average Bonchev–Trinajstić information content (AvgIpc) is 2.85. The molecule has 0 aliphatic carbocycles. The van der Waals surface area contributed by atoms with Crippen molar-refractivity contribution in [1.29, 1.82) is 0 Å². The Kier molecular flexibility index (Phi) is 6.52. The zero-order chi connectivity index (χ0) is 21.0. The molecule has 0 bridgehead atoms. The van der Waals surface area contributed by atoms with Crippen LogP contribution < -0.4 is 0 Å². The third-order valence-electron chi connectivity index (χ3n) is 5.40. The van der Waals surface area contributed by atoms with E-state index in [1.807, 2.05) is 60.9 Å². The van der Waals surface area contributed by atoms with Crippen molar-refractivity contribution in [2.75, 3.05) is 0 Å².